The van der Waals surface area contributed by atoms with E-state index in [1.54, 1.807) is 47.9 Å². The molecule has 1 aliphatic heterocycles. The Morgan fingerprint density at radius 3 is 2.48 bits per heavy atom. The van der Waals surface area contributed by atoms with E-state index in [2.05, 4.69) is 0 Å². The second kappa shape index (κ2) is 8.53. The van der Waals surface area contributed by atoms with E-state index in [1.165, 1.54) is 38.7 Å². The number of benzene rings is 2. The van der Waals surface area contributed by atoms with Crippen molar-refractivity contribution in [2.24, 2.45) is 0 Å². The molecule has 0 spiro atoms. The number of hydrogen-bond acceptors (Lipinski definition) is 8. The average molecular weight is 438 g/mol. The summed E-state index contributed by atoms with van der Waals surface area (Å²) in [5.74, 6) is 1.27. The number of thiophene rings is 1. The van der Waals surface area contributed by atoms with Gasteiger partial charge in [0.2, 0.25) is 11.5 Å². The van der Waals surface area contributed by atoms with E-state index in [-0.39, 0.29) is 17.3 Å². The Morgan fingerprint density at radius 1 is 1.00 bits per heavy atom. The zero-order valence-corrected chi connectivity index (χ0v) is 17.8. The lowest BCUT2D eigenvalue weighted by molar-refractivity contribution is 0.0739. The largest absolute Gasteiger partial charge is 0.493 e. The second-order valence-electron chi connectivity index (χ2n) is 6.39. The Labute approximate surface area is 182 Å². The number of ketones is 1. The van der Waals surface area contributed by atoms with Gasteiger partial charge in [0.15, 0.2) is 17.3 Å². The van der Waals surface area contributed by atoms with Crippen LogP contribution in [0.15, 0.2) is 53.6 Å². The van der Waals surface area contributed by atoms with Gasteiger partial charge in [0.25, 0.3) is 0 Å². The van der Waals surface area contributed by atoms with Gasteiger partial charge in [-0.25, -0.2) is 4.79 Å². The van der Waals surface area contributed by atoms with Gasteiger partial charge in [0.1, 0.15) is 16.4 Å². The van der Waals surface area contributed by atoms with E-state index in [9.17, 15) is 9.59 Å². The highest BCUT2D eigenvalue weighted by atomic mass is 32.1. The van der Waals surface area contributed by atoms with E-state index in [0.717, 1.165) is 0 Å². The van der Waals surface area contributed by atoms with Crippen molar-refractivity contribution in [2.45, 2.75) is 0 Å². The number of rotatable bonds is 6. The highest BCUT2D eigenvalue weighted by molar-refractivity contribution is 7.12. The van der Waals surface area contributed by atoms with Crippen LogP contribution < -0.4 is 23.7 Å². The number of fused-ring (bicyclic) bond motifs is 1. The van der Waals surface area contributed by atoms with Crippen LogP contribution in [0, 0.1) is 0 Å². The van der Waals surface area contributed by atoms with Crippen LogP contribution in [0.5, 0.6) is 28.7 Å². The minimum atomic E-state index is -0.467. The van der Waals surface area contributed by atoms with E-state index in [4.69, 9.17) is 23.7 Å². The molecule has 3 aromatic rings. The Kier molecular flexibility index (Phi) is 5.64. The molecule has 1 aliphatic rings. The fraction of sp³-hybridized carbons (Fsp3) is 0.130. The van der Waals surface area contributed by atoms with E-state index in [1.807, 2.05) is 0 Å². The first kappa shape index (κ1) is 20.5. The number of carbonyl (C=O) groups is 2. The smallest absolute Gasteiger partial charge is 0.353 e. The first-order valence-electron chi connectivity index (χ1n) is 9.18. The zero-order chi connectivity index (χ0) is 22.0. The Balaban J connectivity index is 1.62. The van der Waals surface area contributed by atoms with Gasteiger partial charge < -0.3 is 23.7 Å². The molecule has 4 rings (SSSR count). The van der Waals surface area contributed by atoms with Crippen molar-refractivity contribution in [1.82, 2.24) is 0 Å². The lowest BCUT2D eigenvalue weighted by Crippen LogP contribution is -2.06. The molecule has 0 aliphatic carbocycles. The Hall–Kier alpha value is -3.78. The van der Waals surface area contributed by atoms with Gasteiger partial charge in [-0.2, -0.15) is 0 Å². The van der Waals surface area contributed by atoms with Crippen molar-refractivity contribution in [2.75, 3.05) is 21.3 Å². The Bertz CT molecular complexity index is 1180. The van der Waals surface area contributed by atoms with Gasteiger partial charge in [0.05, 0.1) is 26.9 Å². The van der Waals surface area contributed by atoms with Crippen LogP contribution in [0.4, 0.5) is 0 Å². The third-order valence-corrected chi connectivity index (χ3v) is 5.45. The molecular formula is C23H18O7S. The van der Waals surface area contributed by atoms with Crippen LogP contribution in [0.3, 0.4) is 0 Å². The summed E-state index contributed by atoms with van der Waals surface area (Å²) in [6.45, 7) is 0. The van der Waals surface area contributed by atoms with Crippen molar-refractivity contribution in [3.05, 3.63) is 69.6 Å². The molecule has 0 saturated heterocycles. The van der Waals surface area contributed by atoms with Crippen LogP contribution in [0.2, 0.25) is 0 Å². The topological polar surface area (TPSA) is 80.3 Å². The molecule has 0 amide bonds. The fourth-order valence-corrected chi connectivity index (χ4v) is 3.76. The summed E-state index contributed by atoms with van der Waals surface area (Å²) in [6.07, 6.45) is 1.57. The van der Waals surface area contributed by atoms with E-state index >= 15 is 0 Å². The zero-order valence-electron chi connectivity index (χ0n) is 17.0. The summed E-state index contributed by atoms with van der Waals surface area (Å²) in [4.78, 5) is 25.4. The molecule has 0 fully saturated rings. The van der Waals surface area contributed by atoms with Crippen LogP contribution in [0.25, 0.3) is 6.08 Å². The molecule has 0 radical (unpaired) electrons. The Morgan fingerprint density at radius 2 is 1.81 bits per heavy atom. The van der Waals surface area contributed by atoms with Crippen molar-refractivity contribution in [3.8, 4) is 28.7 Å². The summed E-state index contributed by atoms with van der Waals surface area (Å²) in [5, 5.41) is 1.79. The van der Waals surface area contributed by atoms with E-state index in [0.29, 0.717) is 39.0 Å². The number of Topliss-reactive ketones (excluding diaryl/α,β-unsaturated/α-hetero) is 1. The minimum absolute atomic E-state index is 0.113. The minimum Gasteiger partial charge on any atom is -0.493 e. The molecule has 1 aromatic heterocycles. The molecule has 7 nitrogen and oxygen atoms in total. The maximum Gasteiger partial charge on any atom is 0.353 e. The predicted molar refractivity (Wildman–Crippen MR) is 115 cm³/mol. The second-order valence-corrected chi connectivity index (χ2v) is 7.34. The molecule has 2 heterocycles. The van der Waals surface area contributed by atoms with Gasteiger partial charge in [-0.3, -0.25) is 4.79 Å². The highest BCUT2D eigenvalue weighted by Gasteiger charge is 2.29. The molecule has 0 saturated carbocycles. The third-order valence-electron chi connectivity index (χ3n) is 4.60. The van der Waals surface area contributed by atoms with Crippen LogP contribution in [0.1, 0.15) is 25.6 Å². The monoisotopic (exact) mass is 438 g/mol. The normalized spacial score (nSPS) is 13.5. The molecule has 158 valence electrons. The quantitative estimate of drug-likeness (QED) is 0.316. The summed E-state index contributed by atoms with van der Waals surface area (Å²) in [7, 11) is 4.53. The molecule has 2 aromatic carbocycles. The lowest BCUT2D eigenvalue weighted by Gasteiger charge is -2.14. The molecule has 0 unspecified atom stereocenters. The molecule has 8 heteroatoms. The maximum absolute atomic E-state index is 12.8. The molecule has 0 atom stereocenters. The summed E-state index contributed by atoms with van der Waals surface area (Å²) < 4.78 is 27.3. The first-order valence-corrected chi connectivity index (χ1v) is 10.1. The van der Waals surface area contributed by atoms with E-state index < -0.39 is 5.97 Å². The molecular weight excluding hydrogens is 420 g/mol. The number of hydrogen-bond donors (Lipinski definition) is 0. The van der Waals surface area contributed by atoms with Gasteiger partial charge >= 0.3 is 5.97 Å². The van der Waals surface area contributed by atoms with Crippen molar-refractivity contribution in [1.29, 1.82) is 0 Å². The summed E-state index contributed by atoms with van der Waals surface area (Å²) in [6, 6.07) is 11.5. The van der Waals surface area contributed by atoms with Crippen LogP contribution >= 0.6 is 11.3 Å². The number of allylic oxidation sites excluding steroid dienone is 1. The SMILES string of the molecule is COc1ccc(C=C2Oc3cc(OC(=O)c4cccs4)ccc3C2=O)c(OC)c1OC. The number of carbonyl (C=O) groups excluding carboxylic acids is 2. The van der Waals surface area contributed by atoms with Gasteiger partial charge in [-0.15, -0.1) is 11.3 Å². The summed E-state index contributed by atoms with van der Waals surface area (Å²) in [5.41, 5.74) is 0.960. The third kappa shape index (κ3) is 3.85. The van der Waals surface area contributed by atoms with Crippen molar-refractivity contribution < 1.29 is 33.3 Å². The molecule has 0 bridgehead atoms. The molecule has 31 heavy (non-hydrogen) atoms. The number of esters is 1. The fourth-order valence-electron chi connectivity index (χ4n) is 3.16. The van der Waals surface area contributed by atoms with Gasteiger partial charge in [-0.05, 0) is 41.8 Å². The van der Waals surface area contributed by atoms with Gasteiger partial charge in [0, 0.05) is 11.6 Å². The van der Waals surface area contributed by atoms with Crippen LogP contribution in [-0.2, 0) is 0 Å². The molecule has 0 N–H and O–H groups in total. The number of methoxy groups -OCH3 is 3. The predicted octanol–water partition coefficient (Wildman–Crippen LogP) is 4.61. The number of ether oxygens (including phenoxy) is 5. The first-order chi connectivity index (χ1) is 15.0. The summed E-state index contributed by atoms with van der Waals surface area (Å²) >= 11 is 1.29. The lowest BCUT2D eigenvalue weighted by atomic mass is 10.1. The highest BCUT2D eigenvalue weighted by Crippen LogP contribution is 2.42. The van der Waals surface area contributed by atoms with Crippen molar-refractivity contribution >= 4 is 29.2 Å². The maximum atomic E-state index is 12.8. The average Bonchev–Trinajstić information content (AvgIpc) is 3.42. The van der Waals surface area contributed by atoms with Crippen molar-refractivity contribution in [3.63, 3.8) is 0 Å². The standard InChI is InChI=1S/C23H18O7S/c1-26-16-9-6-13(21(27-2)22(16)28-3)11-18-20(24)15-8-7-14(12-17(15)30-18)29-23(25)19-5-4-10-31-19/h4-12H,1-3H3. The van der Waals surface area contributed by atoms with Crippen LogP contribution in [-0.4, -0.2) is 33.1 Å². The van der Waals surface area contributed by atoms with Gasteiger partial charge in [-0.1, -0.05) is 6.07 Å².